The first-order valence-electron chi connectivity index (χ1n) is 8.75. The van der Waals surface area contributed by atoms with E-state index in [2.05, 4.69) is 10.6 Å². The van der Waals surface area contributed by atoms with E-state index in [1.807, 2.05) is 67.1 Å². The Balaban J connectivity index is 1.74. The van der Waals surface area contributed by atoms with Crippen molar-refractivity contribution in [1.29, 1.82) is 0 Å². The van der Waals surface area contributed by atoms with Crippen molar-refractivity contribution < 1.29 is 14.2 Å². The van der Waals surface area contributed by atoms with Crippen molar-refractivity contribution in [2.24, 2.45) is 0 Å². The van der Waals surface area contributed by atoms with Gasteiger partial charge in [0, 0.05) is 24.2 Å². The molecule has 2 aromatic carbocycles. The molecule has 0 aliphatic carbocycles. The molecule has 3 aromatic rings. The second kappa shape index (κ2) is 8.27. The molecular formula is C22H22N3O2+. The fourth-order valence-corrected chi connectivity index (χ4v) is 2.78. The monoisotopic (exact) mass is 360 g/mol. The van der Waals surface area contributed by atoms with E-state index in [0.29, 0.717) is 16.9 Å². The van der Waals surface area contributed by atoms with Gasteiger partial charge in [0.1, 0.15) is 0 Å². The maximum atomic E-state index is 12.6. The Hall–Kier alpha value is -3.47. The fraction of sp³-hybridized carbons (Fsp3) is 0.136. The Morgan fingerprint density at radius 2 is 1.56 bits per heavy atom. The largest absolute Gasteiger partial charge is 0.322 e. The van der Waals surface area contributed by atoms with Crippen LogP contribution >= 0.6 is 0 Å². The summed E-state index contributed by atoms with van der Waals surface area (Å²) in [6.07, 6.45) is 1.87. The summed E-state index contributed by atoms with van der Waals surface area (Å²) in [5.41, 5.74) is 3.76. The van der Waals surface area contributed by atoms with Crippen molar-refractivity contribution in [3.63, 3.8) is 0 Å². The van der Waals surface area contributed by atoms with Gasteiger partial charge in [0.15, 0.2) is 11.9 Å². The van der Waals surface area contributed by atoms with Crippen LogP contribution in [0, 0.1) is 13.8 Å². The van der Waals surface area contributed by atoms with Gasteiger partial charge in [-0.05, 0) is 37.3 Å². The maximum Gasteiger partial charge on any atom is 0.290 e. The van der Waals surface area contributed by atoms with Gasteiger partial charge in [-0.15, -0.1) is 0 Å². The van der Waals surface area contributed by atoms with Gasteiger partial charge in [-0.2, -0.15) is 4.57 Å². The number of nitrogens with zero attached hydrogens (tertiary/aromatic N) is 1. The third-order valence-electron chi connectivity index (χ3n) is 4.41. The number of aryl methyl sites for hydroxylation is 1. The quantitative estimate of drug-likeness (QED) is 0.684. The summed E-state index contributed by atoms with van der Waals surface area (Å²) >= 11 is 0. The van der Waals surface area contributed by atoms with Gasteiger partial charge in [-0.1, -0.05) is 30.3 Å². The number of amides is 2. The molecule has 0 radical (unpaired) electrons. The van der Waals surface area contributed by atoms with Crippen LogP contribution in [0.3, 0.4) is 0 Å². The summed E-state index contributed by atoms with van der Waals surface area (Å²) < 4.78 is 1.89. The molecule has 5 heteroatoms. The number of hydrogen-bond acceptors (Lipinski definition) is 2. The van der Waals surface area contributed by atoms with Crippen LogP contribution in [0.4, 0.5) is 11.4 Å². The zero-order valence-corrected chi connectivity index (χ0v) is 15.4. The van der Waals surface area contributed by atoms with Gasteiger partial charge in [-0.25, -0.2) is 0 Å². The number of hydrogen-bond donors (Lipinski definition) is 2. The molecule has 0 saturated heterocycles. The molecule has 0 aliphatic heterocycles. The summed E-state index contributed by atoms with van der Waals surface area (Å²) in [4.78, 5) is 25.1. The Morgan fingerprint density at radius 3 is 2.33 bits per heavy atom. The first-order valence-corrected chi connectivity index (χ1v) is 8.75. The molecule has 0 spiro atoms. The van der Waals surface area contributed by atoms with Crippen molar-refractivity contribution in [3.8, 4) is 0 Å². The number of carbonyl (C=O) groups is 2. The van der Waals surface area contributed by atoms with Crippen molar-refractivity contribution >= 4 is 23.2 Å². The van der Waals surface area contributed by atoms with E-state index in [0.717, 1.165) is 11.3 Å². The van der Waals surface area contributed by atoms with E-state index in [1.165, 1.54) is 0 Å². The molecule has 0 bridgehead atoms. The maximum absolute atomic E-state index is 12.6. The smallest absolute Gasteiger partial charge is 0.290 e. The van der Waals surface area contributed by atoms with Crippen LogP contribution in [0.15, 0.2) is 72.9 Å². The molecular weight excluding hydrogens is 338 g/mol. The lowest BCUT2D eigenvalue weighted by atomic mass is 10.1. The average Bonchev–Trinajstić information content (AvgIpc) is 2.66. The minimum Gasteiger partial charge on any atom is -0.322 e. The van der Waals surface area contributed by atoms with Gasteiger partial charge < -0.3 is 10.6 Å². The van der Waals surface area contributed by atoms with Gasteiger partial charge in [-0.3, -0.25) is 9.59 Å². The SMILES string of the molecule is Cc1ccc[n+](CC(=O)Nc2ccccc2C(=O)Nc2ccccc2)c1C. The van der Waals surface area contributed by atoms with Crippen molar-refractivity contribution in [2.75, 3.05) is 10.6 Å². The molecule has 5 nitrogen and oxygen atoms in total. The number of aromatic nitrogens is 1. The fourth-order valence-electron chi connectivity index (χ4n) is 2.78. The molecule has 3 rings (SSSR count). The molecule has 0 aliphatic rings. The number of anilines is 2. The summed E-state index contributed by atoms with van der Waals surface area (Å²) in [6.45, 7) is 4.17. The second-order valence-corrected chi connectivity index (χ2v) is 6.32. The number of pyridine rings is 1. The first kappa shape index (κ1) is 18.3. The molecule has 136 valence electrons. The Morgan fingerprint density at radius 1 is 0.852 bits per heavy atom. The minimum absolute atomic E-state index is 0.183. The molecule has 2 amide bonds. The number of para-hydroxylation sites is 2. The van der Waals surface area contributed by atoms with E-state index in [1.54, 1.807) is 24.3 Å². The highest BCUT2D eigenvalue weighted by Crippen LogP contribution is 2.17. The van der Waals surface area contributed by atoms with Crippen molar-refractivity contribution in [3.05, 3.63) is 89.7 Å². The highest BCUT2D eigenvalue weighted by Gasteiger charge is 2.17. The van der Waals surface area contributed by atoms with Crippen LogP contribution < -0.4 is 15.2 Å². The van der Waals surface area contributed by atoms with Crippen LogP contribution in [0.2, 0.25) is 0 Å². The predicted octanol–water partition coefficient (Wildman–Crippen LogP) is 3.48. The van der Waals surface area contributed by atoms with Crippen LogP contribution in [-0.2, 0) is 11.3 Å². The number of benzene rings is 2. The third-order valence-corrected chi connectivity index (χ3v) is 4.41. The Bertz CT molecular complexity index is 968. The van der Waals surface area contributed by atoms with E-state index in [4.69, 9.17) is 0 Å². The van der Waals surface area contributed by atoms with Crippen molar-refractivity contribution in [2.45, 2.75) is 20.4 Å². The highest BCUT2D eigenvalue weighted by molar-refractivity contribution is 6.10. The van der Waals surface area contributed by atoms with Crippen LogP contribution in [0.25, 0.3) is 0 Å². The van der Waals surface area contributed by atoms with E-state index >= 15 is 0 Å². The number of nitrogens with one attached hydrogen (secondary N) is 2. The summed E-state index contributed by atoms with van der Waals surface area (Å²) in [6, 6.07) is 20.1. The van der Waals surface area contributed by atoms with Crippen LogP contribution in [0.1, 0.15) is 21.6 Å². The average molecular weight is 360 g/mol. The molecule has 0 saturated carbocycles. The van der Waals surface area contributed by atoms with E-state index < -0.39 is 0 Å². The van der Waals surface area contributed by atoms with E-state index in [-0.39, 0.29) is 18.4 Å². The van der Waals surface area contributed by atoms with Gasteiger partial charge >= 0.3 is 0 Å². The third kappa shape index (κ3) is 4.58. The topological polar surface area (TPSA) is 62.1 Å². The molecule has 0 fully saturated rings. The zero-order chi connectivity index (χ0) is 19.2. The lowest BCUT2D eigenvalue weighted by molar-refractivity contribution is -0.690. The normalized spacial score (nSPS) is 10.3. The zero-order valence-electron chi connectivity index (χ0n) is 15.4. The minimum atomic E-state index is -0.267. The van der Waals surface area contributed by atoms with E-state index in [9.17, 15) is 9.59 Å². The number of carbonyl (C=O) groups excluding carboxylic acids is 2. The standard InChI is InChI=1S/C22H21N3O2/c1-16-9-8-14-25(17(16)2)15-21(26)24-20-13-7-6-12-19(20)22(27)23-18-10-4-3-5-11-18/h3-14H,15H2,1-2H3,(H-,23,24,26,27)/p+1. The predicted molar refractivity (Wildman–Crippen MR) is 106 cm³/mol. The first-order chi connectivity index (χ1) is 13.0. The highest BCUT2D eigenvalue weighted by atomic mass is 16.2. The second-order valence-electron chi connectivity index (χ2n) is 6.32. The van der Waals surface area contributed by atoms with Crippen LogP contribution in [0.5, 0.6) is 0 Å². The summed E-state index contributed by atoms with van der Waals surface area (Å²) in [5.74, 6) is -0.454. The lowest BCUT2D eigenvalue weighted by Crippen LogP contribution is -2.43. The summed E-state index contributed by atoms with van der Waals surface area (Å²) in [5, 5.41) is 5.69. The molecule has 27 heavy (non-hydrogen) atoms. The van der Waals surface area contributed by atoms with Crippen LogP contribution in [-0.4, -0.2) is 11.8 Å². The molecule has 1 heterocycles. The lowest BCUT2D eigenvalue weighted by Gasteiger charge is -2.11. The molecule has 1 aromatic heterocycles. The Kier molecular flexibility index (Phi) is 5.61. The molecule has 2 N–H and O–H groups in total. The molecule has 0 atom stereocenters. The molecule has 0 unspecified atom stereocenters. The van der Waals surface area contributed by atoms with Gasteiger partial charge in [0.25, 0.3) is 11.8 Å². The summed E-state index contributed by atoms with van der Waals surface area (Å²) in [7, 11) is 0. The Labute approximate surface area is 158 Å². The van der Waals surface area contributed by atoms with Gasteiger partial charge in [0.05, 0.1) is 11.3 Å². The number of rotatable bonds is 5. The van der Waals surface area contributed by atoms with Gasteiger partial charge in [0.2, 0.25) is 6.54 Å². The van der Waals surface area contributed by atoms with Crippen molar-refractivity contribution in [1.82, 2.24) is 0 Å².